The van der Waals surface area contributed by atoms with E-state index in [1.807, 2.05) is 0 Å². The van der Waals surface area contributed by atoms with Gasteiger partial charge < -0.3 is 34.3 Å². The lowest BCUT2D eigenvalue weighted by atomic mass is 9.77. The van der Waals surface area contributed by atoms with Crippen LogP contribution in [0.5, 0.6) is 28.7 Å². The van der Waals surface area contributed by atoms with E-state index in [1.165, 1.54) is 19.2 Å². The predicted octanol–water partition coefficient (Wildman–Crippen LogP) is 1.48. The summed E-state index contributed by atoms with van der Waals surface area (Å²) in [5.74, 6) is 0.532. The third kappa shape index (κ3) is 2.37. The number of methoxy groups -OCH3 is 1. The molecule has 0 bridgehead atoms. The Kier molecular flexibility index (Phi) is 4.00. The quantitative estimate of drug-likeness (QED) is 0.650. The molecule has 0 amide bonds. The first-order valence-electron chi connectivity index (χ1n) is 9.47. The van der Waals surface area contributed by atoms with E-state index < -0.39 is 23.6 Å². The fraction of sp³-hybridized carbons (Fsp3) is 0.318. The van der Waals surface area contributed by atoms with Gasteiger partial charge in [0.1, 0.15) is 30.0 Å². The monoisotopic (exact) mass is 412 g/mol. The summed E-state index contributed by atoms with van der Waals surface area (Å²) < 4.78 is 22.7. The van der Waals surface area contributed by atoms with Crippen LogP contribution in [0.15, 0.2) is 36.4 Å². The number of hydrogen-bond donors (Lipinski definition) is 3. The molecule has 3 heterocycles. The van der Waals surface area contributed by atoms with Crippen molar-refractivity contribution in [3.05, 3.63) is 53.1 Å². The summed E-state index contributed by atoms with van der Waals surface area (Å²) in [6.45, 7) is 3.54. The fourth-order valence-corrected chi connectivity index (χ4v) is 4.26. The molecule has 0 aliphatic carbocycles. The normalized spacial score (nSPS) is 25.6. The van der Waals surface area contributed by atoms with E-state index in [9.17, 15) is 20.1 Å². The van der Waals surface area contributed by atoms with Gasteiger partial charge in [-0.15, -0.1) is 0 Å². The maximum Gasteiger partial charge on any atom is 0.206 e. The van der Waals surface area contributed by atoms with Crippen LogP contribution in [0.3, 0.4) is 0 Å². The van der Waals surface area contributed by atoms with Crippen LogP contribution in [0.4, 0.5) is 0 Å². The second-order valence-electron chi connectivity index (χ2n) is 7.58. The smallest absolute Gasteiger partial charge is 0.206 e. The van der Waals surface area contributed by atoms with Crippen LogP contribution in [0.2, 0.25) is 0 Å². The van der Waals surface area contributed by atoms with Gasteiger partial charge in [-0.3, -0.25) is 4.79 Å². The zero-order valence-corrected chi connectivity index (χ0v) is 16.2. The number of fused-ring (bicyclic) bond motifs is 6. The standard InChI is InChI=1S/C22H20O8/c1-10(8-23)16-5-12-15(29-16)4-3-11-20(12)30-19-9-28-17-7-18(27-2)14(24)6-13(17)22(19,26)21(11)25/h3-4,6-7,16,19,23-24,26H,1,5,8-9H2,2H3/t16-,19+,22+/m1/s1. The minimum absolute atomic E-state index is 0.0695. The molecule has 3 aliphatic heterocycles. The molecule has 8 nitrogen and oxygen atoms in total. The van der Waals surface area contributed by atoms with Crippen LogP contribution >= 0.6 is 0 Å². The Balaban J connectivity index is 1.60. The lowest BCUT2D eigenvalue weighted by Gasteiger charge is -2.43. The molecule has 5 rings (SSSR count). The van der Waals surface area contributed by atoms with E-state index in [0.29, 0.717) is 29.1 Å². The highest BCUT2D eigenvalue weighted by molar-refractivity contribution is 6.07. The third-order valence-electron chi connectivity index (χ3n) is 5.93. The predicted molar refractivity (Wildman–Crippen MR) is 104 cm³/mol. The topological polar surface area (TPSA) is 115 Å². The van der Waals surface area contributed by atoms with Crippen LogP contribution in [0, 0.1) is 0 Å². The Bertz CT molecular complexity index is 1090. The number of aliphatic hydroxyl groups is 2. The molecule has 2 aromatic rings. The summed E-state index contributed by atoms with van der Waals surface area (Å²) in [5.41, 5.74) is -0.471. The van der Waals surface area contributed by atoms with Gasteiger partial charge in [0.05, 0.1) is 19.3 Å². The number of ether oxygens (including phenoxy) is 4. The van der Waals surface area contributed by atoms with Gasteiger partial charge in [0.2, 0.25) is 5.78 Å². The Morgan fingerprint density at radius 1 is 1.30 bits per heavy atom. The fourth-order valence-electron chi connectivity index (χ4n) is 4.26. The van der Waals surface area contributed by atoms with Crippen LogP contribution in [-0.4, -0.2) is 53.6 Å². The van der Waals surface area contributed by atoms with Crippen molar-refractivity contribution in [3.8, 4) is 28.7 Å². The Hall–Kier alpha value is -3.23. The maximum absolute atomic E-state index is 13.5. The Labute approximate surface area is 171 Å². The molecule has 156 valence electrons. The second kappa shape index (κ2) is 6.38. The number of phenolic OH excluding ortho intramolecular Hbond substituents is 1. The van der Waals surface area contributed by atoms with E-state index in [-0.39, 0.29) is 41.6 Å². The van der Waals surface area contributed by atoms with Crippen molar-refractivity contribution in [1.82, 2.24) is 0 Å². The Morgan fingerprint density at radius 3 is 2.83 bits per heavy atom. The number of rotatable bonds is 3. The summed E-state index contributed by atoms with van der Waals surface area (Å²) in [4.78, 5) is 13.5. The maximum atomic E-state index is 13.5. The van der Waals surface area contributed by atoms with Gasteiger partial charge in [-0.05, 0) is 23.8 Å². The first-order valence-corrected chi connectivity index (χ1v) is 9.47. The number of benzene rings is 2. The van der Waals surface area contributed by atoms with E-state index in [4.69, 9.17) is 18.9 Å². The molecule has 3 aliphatic rings. The average molecular weight is 412 g/mol. The summed E-state index contributed by atoms with van der Waals surface area (Å²) in [6.07, 6.45) is -1.03. The molecule has 0 saturated carbocycles. The lowest BCUT2D eigenvalue weighted by Crippen LogP contribution is -2.57. The summed E-state index contributed by atoms with van der Waals surface area (Å²) >= 11 is 0. The highest BCUT2D eigenvalue weighted by Crippen LogP contribution is 2.51. The number of carbonyl (C=O) groups excluding carboxylic acids is 1. The van der Waals surface area contributed by atoms with Crippen molar-refractivity contribution in [2.75, 3.05) is 20.3 Å². The van der Waals surface area contributed by atoms with Gasteiger partial charge in [0.15, 0.2) is 23.2 Å². The van der Waals surface area contributed by atoms with Crippen molar-refractivity contribution in [2.24, 2.45) is 0 Å². The lowest BCUT2D eigenvalue weighted by molar-refractivity contribution is -0.0802. The van der Waals surface area contributed by atoms with Crippen molar-refractivity contribution in [2.45, 2.75) is 24.2 Å². The first-order chi connectivity index (χ1) is 14.4. The average Bonchev–Trinajstić information content (AvgIpc) is 3.19. The highest BCUT2D eigenvalue weighted by atomic mass is 16.6. The zero-order chi connectivity index (χ0) is 21.2. The Morgan fingerprint density at radius 2 is 2.10 bits per heavy atom. The van der Waals surface area contributed by atoms with Crippen molar-refractivity contribution < 1.29 is 39.1 Å². The van der Waals surface area contributed by atoms with E-state index >= 15 is 0 Å². The van der Waals surface area contributed by atoms with E-state index in [2.05, 4.69) is 6.58 Å². The summed E-state index contributed by atoms with van der Waals surface area (Å²) in [6, 6.07) is 5.90. The van der Waals surface area contributed by atoms with Crippen molar-refractivity contribution in [1.29, 1.82) is 0 Å². The SMILES string of the molecule is C=C(CO)[C@H]1Cc2c(ccc3c2O[C@H]2COc4cc(OC)c(O)cc4[C@@]2(O)C3=O)O1. The molecule has 2 aromatic carbocycles. The minimum Gasteiger partial charge on any atom is -0.504 e. The zero-order valence-electron chi connectivity index (χ0n) is 16.2. The molecule has 8 heteroatoms. The molecule has 0 unspecified atom stereocenters. The molecule has 30 heavy (non-hydrogen) atoms. The van der Waals surface area contributed by atoms with Crippen LogP contribution in [0.1, 0.15) is 21.5 Å². The highest BCUT2D eigenvalue weighted by Gasteiger charge is 2.56. The molecule has 0 fully saturated rings. The minimum atomic E-state index is -2.02. The number of hydrogen-bond acceptors (Lipinski definition) is 8. The molecule has 0 aromatic heterocycles. The van der Waals surface area contributed by atoms with Crippen LogP contribution in [0.25, 0.3) is 0 Å². The molecule has 3 N–H and O–H groups in total. The van der Waals surface area contributed by atoms with Gasteiger partial charge in [-0.25, -0.2) is 0 Å². The van der Waals surface area contributed by atoms with Gasteiger partial charge in [-0.2, -0.15) is 0 Å². The number of aromatic hydroxyl groups is 1. The summed E-state index contributed by atoms with van der Waals surface area (Å²) in [5, 5.41) is 31.0. The largest absolute Gasteiger partial charge is 0.504 e. The van der Waals surface area contributed by atoms with Gasteiger partial charge in [-0.1, -0.05) is 6.58 Å². The molecular weight excluding hydrogens is 392 g/mol. The van der Waals surface area contributed by atoms with Crippen LogP contribution in [-0.2, 0) is 12.0 Å². The molecule has 0 spiro atoms. The van der Waals surface area contributed by atoms with Crippen molar-refractivity contribution in [3.63, 3.8) is 0 Å². The summed E-state index contributed by atoms with van der Waals surface area (Å²) in [7, 11) is 1.40. The second-order valence-corrected chi connectivity index (χ2v) is 7.58. The number of aliphatic hydroxyl groups excluding tert-OH is 1. The number of carbonyl (C=O) groups is 1. The van der Waals surface area contributed by atoms with E-state index in [0.717, 1.165) is 0 Å². The molecular formula is C22H20O8. The van der Waals surface area contributed by atoms with Gasteiger partial charge in [0, 0.05) is 23.6 Å². The van der Waals surface area contributed by atoms with Gasteiger partial charge >= 0.3 is 0 Å². The molecule has 0 radical (unpaired) electrons. The van der Waals surface area contributed by atoms with Crippen LogP contribution < -0.4 is 18.9 Å². The van der Waals surface area contributed by atoms with E-state index in [1.54, 1.807) is 12.1 Å². The number of ketones is 1. The van der Waals surface area contributed by atoms with Gasteiger partial charge in [0.25, 0.3) is 0 Å². The first kappa shape index (κ1) is 18.8. The number of Topliss-reactive ketones (excluding diaryl/α,β-unsaturated/α-hetero) is 1. The molecule has 0 saturated heterocycles. The number of phenols is 1. The van der Waals surface area contributed by atoms with Crippen molar-refractivity contribution >= 4 is 5.78 Å². The molecule has 3 atom stereocenters. The third-order valence-corrected chi connectivity index (χ3v) is 5.93.